The molecule has 96 valence electrons. The SMILES string of the molecule is CC(C)[C@@H](CO)NCCc1ccc(F)c(F)c1. The van der Waals surface area contributed by atoms with Crippen LogP contribution in [-0.2, 0) is 6.42 Å². The first-order valence-electron chi connectivity index (χ1n) is 5.82. The number of aliphatic hydroxyl groups excluding tert-OH is 1. The molecule has 17 heavy (non-hydrogen) atoms. The first kappa shape index (κ1) is 14.1. The van der Waals surface area contributed by atoms with Gasteiger partial charge < -0.3 is 10.4 Å². The highest BCUT2D eigenvalue weighted by atomic mass is 19.2. The molecule has 4 heteroatoms. The van der Waals surface area contributed by atoms with E-state index < -0.39 is 11.6 Å². The Hall–Kier alpha value is -1.00. The Balaban J connectivity index is 2.42. The minimum Gasteiger partial charge on any atom is -0.395 e. The summed E-state index contributed by atoms with van der Waals surface area (Å²) < 4.78 is 25.6. The molecule has 0 unspecified atom stereocenters. The Bertz CT molecular complexity index is 355. The second-order valence-electron chi connectivity index (χ2n) is 4.49. The van der Waals surface area contributed by atoms with Gasteiger partial charge in [0.05, 0.1) is 6.61 Å². The summed E-state index contributed by atoms with van der Waals surface area (Å²) in [7, 11) is 0. The van der Waals surface area contributed by atoms with Gasteiger partial charge in [0, 0.05) is 6.04 Å². The number of benzene rings is 1. The normalized spacial score (nSPS) is 13.1. The molecular formula is C13H19F2NO. The van der Waals surface area contributed by atoms with Gasteiger partial charge in [-0.15, -0.1) is 0 Å². The smallest absolute Gasteiger partial charge is 0.159 e. The van der Waals surface area contributed by atoms with Crippen molar-refractivity contribution in [2.24, 2.45) is 5.92 Å². The van der Waals surface area contributed by atoms with Gasteiger partial charge in [-0.2, -0.15) is 0 Å². The molecule has 0 spiro atoms. The highest BCUT2D eigenvalue weighted by Gasteiger charge is 2.10. The summed E-state index contributed by atoms with van der Waals surface area (Å²) in [6, 6.07) is 3.96. The van der Waals surface area contributed by atoms with Crippen LogP contribution in [0.25, 0.3) is 0 Å². The van der Waals surface area contributed by atoms with Gasteiger partial charge in [0.15, 0.2) is 11.6 Å². The molecule has 0 aromatic heterocycles. The average Bonchev–Trinajstić information content (AvgIpc) is 2.28. The zero-order valence-electron chi connectivity index (χ0n) is 10.2. The van der Waals surface area contributed by atoms with Crippen LogP contribution in [0.4, 0.5) is 8.78 Å². The third-order valence-electron chi connectivity index (χ3n) is 2.81. The van der Waals surface area contributed by atoms with Crippen LogP contribution in [0.5, 0.6) is 0 Å². The van der Waals surface area contributed by atoms with Crippen molar-refractivity contribution in [2.75, 3.05) is 13.2 Å². The van der Waals surface area contributed by atoms with E-state index >= 15 is 0 Å². The molecule has 0 saturated carbocycles. The van der Waals surface area contributed by atoms with Gasteiger partial charge in [-0.05, 0) is 36.6 Å². The van der Waals surface area contributed by atoms with E-state index in [0.29, 0.717) is 18.9 Å². The number of aliphatic hydroxyl groups is 1. The predicted octanol–water partition coefficient (Wildman–Crippen LogP) is 2.11. The molecule has 0 amide bonds. The molecule has 1 rings (SSSR count). The number of hydrogen-bond donors (Lipinski definition) is 2. The minimum absolute atomic E-state index is 0.0419. The lowest BCUT2D eigenvalue weighted by Crippen LogP contribution is -2.38. The van der Waals surface area contributed by atoms with Crippen LogP contribution in [0.3, 0.4) is 0 Å². The molecule has 0 aliphatic carbocycles. The fourth-order valence-corrected chi connectivity index (χ4v) is 1.61. The lowest BCUT2D eigenvalue weighted by atomic mass is 10.0. The Kier molecular flexibility index (Phi) is 5.51. The van der Waals surface area contributed by atoms with E-state index in [0.717, 1.165) is 11.6 Å². The van der Waals surface area contributed by atoms with E-state index in [1.807, 2.05) is 13.8 Å². The quantitative estimate of drug-likeness (QED) is 0.802. The second kappa shape index (κ2) is 6.67. The Morgan fingerprint density at radius 1 is 1.24 bits per heavy atom. The Morgan fingerprint density at radius 3 is 2.47 bits per heavy atom. The molecule has 0 saturated heterocycles. The highest BCUT2D eigenvalue weighted by Crippen LogP contribution is 2.09. The zero-order chi connectivity index (χ0) is 12.8. The maximum Gasteiger partial charge on any atom is 0.159 e. The van der Waals surface area contributed by atoms with Gasteiger partial charge in [-0.3, -0.25) is 0 Å². The lowest BCUT2D eigenvalue weighted by molar-refractivity contribution is 0.212. The van der Waals surface area contributed by atoms with Crippen LogP contribution in [-0.4, -0.2) is 24.3 Å². The minimum atomic E-state index is -0.822. The van der Waals surface area contributed by atoms with Crippen LogP contribution in [0.1, 0.15) is 19.4 Å². The summed E-state index contributed by atoms with van der Waals surface area (Å²) in [6.07, 6.45) is 0.612. The first-order valence-corrected chi connectivity index (χ1v) is 5.82. The summed E-state index contributed by atoms with van der Waals surface area (Å²) in [5, 5.41) is 12.3. The summed E-state index contributed by atoms with van der Waals surface area (Å²) in [5.74, 6) is -1.30. The summed E-state index contributed by atoms with van der Waals surface area (Å²) in [4.78, 5) is 0. The van der Waals surface area contributed by atoms with Crippen molar-refractivity contribution in [1.29, 1.82) is 0 Å². The van der Waals surface area contributed by atoms with Crippen molar-refractivity contribution >= 4 is 0 Å². The van der Waals surface area contributed by atoms with Gasteiger partial charge in [0.2, 0.25) is 0 Å². The standard InChI is InChI=1S/C13H19F2NO/c1-9(2)13(8-17)16-6-5-10-3-4-11(14)12(15)7-10/h3-4,7,9,13,16-17H,5-6,8H2,1-2H3/t13-/m1/s1. The molecule has 2 nitrogen and oxygen atoms in total. The molecule has 0 aliphatic rings. The highest BCUT2D eigenvalue weighted by molar-refractivity contribution is 5.18. The second-order valence-corrected chi connectivity index (χ2v) is 4.49. The first-order chi connectivity index (χ1) is 8.04. The summed E-state index contributed by atoms with van der Waals surface area (Å²) in [6.45, 7) is 4.75. The molecular weight excluding hydrogens is 224 g/mol. The van der Waals surface area contributed by atoms with Crippen molar-refractivity contribution in [1.82, 2.24) is 5.32 Å². The van der Waals surface area contributed by atoms with Crippen LogP contribution < -0.4 is 5.32 Å². The monoisotopic (exact) mass is 243 g/mol. The van der Waals surface area contributed by atoms with E-state index in [-0.39, 0.29) is 12.6 Å². The zero-order valence-corrected chi connectivity index (χ0v) is 10.2. The number of nitrogens with one attached hydrogen (secondary N) is 1. The molecule has 0 radical (unpaired) electrons. The van der Waals surface area contributed by atoms with Gasteiger partial charge in [-0.1, -0.05) is 19.9 Å². The molecule has 1 aromatic carbocycles. The fourth-order valence-electron chi connectivity index (χ4n) is 1.61. The Labute approximate surface area is 101 Å². The van der Waals surface area contributed by atoms with Gasteiger partial charge in [0.1, 0.15) is 0 Å². The van der Waals surface area contributed by atoms with E-state index in [1.165, 1.54) is 6.07 Å². The third kappa shape index (κ3) is 4.40. The predicted molar refractivity (Wildman–Crippen MR) is 63.8 cm³/mol. The number of hydrogen-bond acceptors (Lipinski definition) is 2. The molecule has 0 heterocycles. The number of rotatable bonds is 6. The maximum atomic E-state index is 12.9. The molecule has 0 aliphatic heterocycles. The van der Waals surface area contributed by atoms with E-state index in [4.69, 9.17) is 5.11 Å². The fraction of sp³-hybridized carbons (Fsp3) is 0.538. The summed E-state index contributed by atoms with van der Waals surface area (Å²) in [5.41, 5.74) is 0.747. The van der Waals surface area contributed by atoms with Crippen LogP contribution in [0.2, 0.25) is 0 Å². The average molecular weight is 243 g/mol. The van der Waals surface area contributed by atoms with Gasteiger partial charge in [0.25, 0.3) is 0 Å². The van der Waals surface area contributed by atoms with E-state index in [1.54, 1.807) is 6.07 Å². The maximum absolute atomic E-state index is 12.9. The van der Waals surface area contributed by atoms with E-state index in [2.05, 4.69) is 5.32 Å². The third-order valence-corrected chi connectivity index (χ3v) is 2.81. The largest absolute Gasteiger partial charge is 0.395 e. The van der Waals surface area contributed by atoms with Crippen molar-refractivity contribution < 1.29 is 13.9 Å². The lowest BCUT2D eigenvalue weighted by Gasteiger charge is -2.19. The molecule has 0 bridgehead atoms. The molecule has 0 fully saturated rings. The molecule has 1 aromatic rings. The van der Waals surface area contributed by atoms with E-state index in [9.17, 15) is 8.78 Å². The van der Waals surface area contributed by atoms with Crippen molar-refractivity contribution in [3.05, 3.63) is 35.4 Å². The van der Waals surface area contributed by atoms with Gasteiger partial charge >= 0.3 is 0 Å². The summed E-state index contributed by atoms with van der Waals surface area (Å²) >= 11 is 0. The topological polar surface area (TPSA) is 32.3 Å². The molecule has 2 N–H and O–H groups in total. The van der Waals surface area contributed by atoms with Gasteiger partial charge in [-0.25, -0.2) is 8.78 Å². The van der Waals surface area contributed by atoms with Crippen molar-refractivity contribution in [2.45, 2.75) is 26.3 Å². The van der Waals surface area contributed by atoms with Crippen LogP contribution >= 0.6 is 0 Å². The Morgan fingerprint density at radius 2 is 1.94 bits per heavy atom. The van der Waals surface area contributed by atoms with Crippen LogP contribution in [0, 0.1) is 17.6 Å². The molecule has 1 atom stereocenters. The van der Waals surface area contributed by atoms with Crippen molar-refractivity contribution in [3.63, 3.8) is 0 Å². The number of halogens is 2. The van der Waals surface area contributed by atoms with Crippen LogP contribution in [0.15, 0.2) is 18.2 Å². The van der Waals surface area contributed by atoms with Crippen molar-refractivity contribution in [3.8, 4) is 0 Å².